The summed E-state index contributed by atoms with van der Waals surface area (Å²) < 4.78 is 5.29. The Morgan fingerprint density at radius 1 is 1.47 bits per heavy atom. The minimum absolute atomic E-state index is 0.173. The van der Waals surface area contributed by atoms with E-state index in [0.29, 0.717) is 0 Å². The molecule has 0 aromatic heterocycles. The third-order valence-corrected chi connectivity index (χ3v) is 3.41. The van der Waals surface area contributed by atoms with Crippen LogP contribution in [-0.2, 0) is 21.5 Å². The molecule has 0 radical (unpaired) electrons. The molecule has 0 heterocycles. The van der Waals surface area contributed by atoms with E-state index in [1.165, 1.54) is 5.56 Å². The summed E-state index contributed by atoms with van der Waals surface area (Å²) in [5.41, 5.74) is 2.09. The second-order valence-electron chi connectivity index (χ2n) is 4.64. The van der Waals surface area contributed by atoms with Crippen LogP contribution >= 0.6 is 0 Å². The monoisotopic (exact) mass is 231 g/mol. The lowest BCUT2D eigenvalue weighted by molar-refractivity contribution is 0.118. The largest absolute Gasteiger partial charge is 0.381 e. The molecule has 1 saturated carbocycles. The van der Waals surface area contributed by atoms with Gasteiger partial charge in [-0.05, 0) is 37.3 Å². The first-order chi connectivity index (χ1) is 8.22. The van der Waals surface area contributed by atoms with Crippen LogP contribution in [0.25, 0.3) is 0 Å². The average molecular weight is 231 g/mol. The van der Waals surface area contributed by atoms with Crippen LogP contribution in [0.1, 0.15) is 30.9 Å². The van der Waals surface area contributed by atoms with Gasteiger partial charge in [-0.15, -0.1) is 0 Å². The molecule has 0 aliphatic heterocycles. The number of nitrogens with zero attached hydrogens (tertiary/aromatic N) is 1. The van der Waals surface area contributed by atoms with Crippen molar-refractivity contribution in [1.82, 2.24) is 0 Å². The number of benzene rings is 1. The molecule has 1 aromatic rings. The second kappa shape index (κ2) is 4.82. The van der Waals surface area contributed by atoms with Crippen LogP contribution in [0.4, 0.5) is 0 Å². The van der Waals surface area contributed by atoms with E-state index in [1.54, 1.807) is 13.2 Å². The Kier molecular flexibility index (Phi) is 3.41. The maximum absolute atomic E-state index is 10.5. The first-order valence-corrected chi connectivity index (χ1v) is 5.92. The van der Waals surface area contributed by atoms with Gasteiger partial charge in [-0.2, -0.15) is 4.99 Å². The molecular weight excluding hydrogens is 214 g/mol. The summed E-state index contributed by atoms with van der Waals surface area (Å²) in [4.78, 5) is 14.5. The maximum atomic E-state index is 10.5. The predicted molar refractivity (Wildman–Crippen MR) is 65.7 cm³/mol. The van der Waals surface area contributed by atoms with Gasteiger partial charge < -0.3 is 4.74 Å². The summed E-state index contributed by atoms with van der Waals surface area (Å²) in [6.07, 6.45) is 4.62. The molecular formula is C14H17NO2. The molecule has 3 nitrogen and oxygen atoms in total. The molecule has 0 saturated heterocycles. The van der Waals surface area contributed by atoms with Crippen molar-refractivity contribution >= 4 is 6.08 Å². The fraction of sp³-hybridized carbons (Fsp3) is 0.500. The predicted octanol–water partition coefficient (Wildman–Crippen LogP) is 2.59. The Morgan fingerprint density at radius 3 is 2.76 bits per heavy atom. The number of hydrogen-bond acceptors (Lipinski definition) is 3. The molecule has 1 aliphatic rings. The molecule has 0 N–H and O–H groups in total. The van der Waals surface area contributed by atoms with Crippen molar-refractivity contribution < 1.29 is 9.53 Å². The van der Waals surface area contributed by atoms with Gasteiger partial charge in [0.25, 0.3) is 0 Å². The van der Waals surface area contributed by atoms with Crippen molar-refractivity contribution in [3.63, 3.8) is 0 Å². The highest BCUT2D eigenvalue weighted by molar-refractivity contribution is 5.44. The fourth-order valence-corrected chi connectivity index (χ4v) is 2.19. The molecule has 90 valence electrons. The Hall–Kier alpha value is -1.44. The van der Waals surface area contributed by atoms with E-state index in [-0.39, 0.29) is 11.6 Å². The highest BCUT2D eigenvalue weighted by Crippen LogP contribution is 2.50. The summed E-state index contributed by atoms with van der Waals surface area (Å²) >= 11 is 0. The Balaban J connectivity index is 2.31. The van der Waals surface area contributed by atoms with Gasteiger partial charge >= 0.3 is 0 Å². The zero-order valence-electron chi connectivity index (χ0n) is 10.3. The van der Waals surface area contributed by atoms with Crippen LogP contribution in [0.3, 0.4) is 0 Å². The minimum atomic E-state index is -0.286. The van der Waals surface area contributed by atoms with Gasteiger partial charge in [0.05, 0.1) is 11.6 Å². The number of methoxy groups -OCH3 is 1. The highest BCUT2D eigenvalue weighted by Gasteiger charge is 2.45. The normalized spacial score (nSPS) is 18.2. The van der Waals surface area contributed by atoms with E-state index < -0.39 is 0 Å². The highest BCUT2D eigenvalue weighted by atomic mass is 16.5. The van der Waals surface area contributed by atoms with Crippen molar-refractivity contribution in [2.24, 2.45) is 4.99 Å². The number of carbonyl (C=O) groups excluding carboxylic acids is 1. The van der Waals surface area contributed by atoms with Crippen LogP contribution in [0.2, 0.25) is 0 Å². The van der Waals surface area contributed by atoms with Gasteiger partial charge in [0, 0.05) is 7.11 Å². The van der Waals surface area contributed by atoms with Gasteiger partial charge in [0.15, 0.2) is 0 Å². The summed E-state index contributed by atoms with van der Waals surface area (Å²) in [5, 5.41) is 0. The minimum Gasteiger partial charge on any atom is -0.381 e. The molecule has 17 heavy (non-hydrogen) atoms. The summed E-state index contributed by atoms with van der Waals surface area (Å²) in [5.74, 6) is 0. The summed E-state index contributed by atoms with van der Waals surface area (Å²) in [6.45, 7) is 2.04. The average Bonchev–Trinajstić information content (AvgIpc) is 3.11. The third kappa shape index (κ3) is 2.46. The topological polar surface area (TPSA) is 38.7 Å². The molecule has 2 rings (SSSR count). The zero-order chi connectivity index (χ0) is 12.3. The molecule has 0 amide bonds. The SMILES string of the molecule is COC(C)Cc1ccccc1C1(N=C=O)CC1. The lowest BCUT2D eigenvalue weighted by Crippen LogP contribution is -2.13. The van der Waals surface area contributed by atoms with Crippen LogP contribution in [0.5, 0.6) is 0 Å². The maximum Gasteiger partial charge on any atom is 0.235 e. The number of isocyanates is 1. The first kappa shape index (κ1) is 12.0. The number of aliphatic imine (C=N–C) groups is 1. The molecule has 1 atom stereocenters. The van der Waals surface area contributed by atoms with Gasteiger partial charge in [0.1, 0.15) is 0 Å². The van der Waals surface area contributed by atoms with Crippen molar-refractivity contribution in [3.05, 3.63) is 35.4 Å². The van der Waals surface area contributed by atoms with Crippen molar-refractivity contribution in [3.8, 4) is 0 Å². The Bertz CT molecular complexity index is 445. The Labute approximate surface area is 102 Å². The number of ether oxygens (including phenoxy) is 1. The number of rotatable bonds is 5. The molecule has 0 spiro atoms. The van der Waals surface area contributed by atoms with Gasteiger partial charge in [0.2, 0.25) is 6.08 Å². The second-order valence-corrected chi connectivity index (χ2v) is 4.64. The fourth-order valence-electron chi connectivity index (χ4n) is 2.19. The van der Waals surface area contributed by atoms with E-state index >= 15 is 0 Å². The molecule has 1 unspecified atom stereocenters. The van der Waals surface area contributed by atoms with Crippen LogP contribution in [0.15, 0.2) is 29.3 Å². The standard InChI is InChI=1S/C14H17NO2/c1-11(17-2)9-12-5-3-4-6-13(12)14(7-8-14)15-10-16/h3-6,11H,7-9H2,1-2H3. The van der Waals surface area contributed by atoms with E-state index in [0.717, 1.165) is 24.8 Å². The molecule has 1 aromatic carbocycles. The van der Waals surface area contributed by atoms with Gasteiger partial charge in [-0.25, -0.2) is 4.79 Å². The van der Waals surface area contributed by atoms with Crippen LogP contribution < -0.4 is 0 Å². The lowest BCUT2D eigenvalue weighted by Gasteiger charge is -2.16. The summed E-state index contributed by atoms with van der Waals surface area (Å²) in [7, 11) is 1.71. The van der Waals surface area contributed by atoms with E-state index in [9.17, 15) is 4.79 Å². The van der Waals surface area contributed by atoms with Gasteiger partial charge in [-0.3, -0.25) is 0 Å². The van der Waals surface area contributed by atoms with Gasteiger partial charge in [-0.1, -0.05) is 24.3 Å². The van der Waals surface area contributed by atoms with Crippen molar-refractivity contribution in [1.29, 1.82) is 0 Å². The molecule has 3 heteroatoms. The van der Waals surface area contributed by atoms with Crippen molar-refractivity contribution in [2.75, 3.05) is 7.11 Å². The van der Waals surface area contributed by atoms with E-state index in [1.807, 2.05) is 19.1 Å². The van der Waals surface area contributed by atoms with Crippen molar-refractivity contribution in [2.45, 2.75) is 37.8 Å². The zero-order valence-corrected chi connectivity index (χ0v) is 10.3. The quantitative estimate of drug-likeness (QED) is 0.577. The van der Waals surface area contributed by atoms with Crippen LogP contribution in [-0.4, -0.2) is 19.3 Å². The first-order valence-electron chi connectivity index (χ1n) is 5.92. The van der Waals surface area contributed by atoms with E-state index in [4.69, 9.17) is 4.74 Å². The smallest absolute Gasteiger partial charge is 0.235 e. The number of hydrogen-bond donors (Lipinski definition) is 0. The summed E-state index contributed by atoms with van der Waals surface area (Å²) in [6, 6.07) is 8.16. The molecule has 0 bridgehead atoms. The third-order valence-electron chi connectivity index (χ3n) is 3.41. The molecule has 1 aliphatic carbocycles. The molecule has 1 fully saturated rings. The van der Waals surface area contributed by atoms with E-state index in [2.05, 4.69) is 17.1 Å². The lowest BCUT2D eigenvalue weighted by atomic mass is 9.95. The van der Waals surface area contributed by atoms with Crippen LogP contribution in [0, 0.1) is 0 Å². The Morgan fingerprint density at radius 2 is 2.18 bits per heavy atom.